The Hall–Kier alpha value is -0.680. The molecule has 74 valence electrons. The van der Waals surface area contributed by atoms with Crippen LogP contribution in [0.25, 0.3) is 0 Å². The van der Waals surface area contributed by atoms with Gasteiger partial charge in [-0.2, -0.15) is 0 Å². The number of hydrogen-bond acceptors (Lipinski definition) is 5. The van der Waals surface area contributed by atoms with Crippen molar-refractivity contribution < 1.29 is 5.11 Å². The van der Waals surface area contributed by atoms with Gasteiger partial charge in [0.15, 0.2) is 0 Å². The zero-order chi connectivity index (χ0) is 9.90. The van der Waals surface area contributed by atoms with E-state index in [-0.39, 0.29) is 6.04 Å². The first kappa shape index (κ1) is 10.4. The van der Waals surface area contributed by atoms with Gasteiger partial charge < -0.3 is 10.4 Å². The molecule has 0 aliphatic carbocycles. The number of nitrogens with one attached hydrogen (secondary N) is 1. The lowest BCUT2D eigenvalue weighted by molar-refractivity contribution is 0.0673. The van der Waals surface area contributed by atoms with Gasteiger partial charge in [-0.15, -0.1) is 10.2 Å². The van der Waals surface area contributed by atoms with Crippen LogP contribution in [0.3, 0.4) is 0 Å². The van der Waals surface area contributed by atoms with Crippen molar-refractivity contribution in [2.24, 2.45) is 0 Å². The Labute approximate surface area is 82.0 Å². The van der Waals surface area contributed by atoms with Gasteiger partial charge in [0.25, 0.3) is 0 Å². The Morgan fingerprint density at radius 1 is 1.69 bits per heavy atom. The van der Waals surface area contributed by atoms with E-state index in [1.807, 2.05) is 6.92 Å². The molecule has 1 heterocycles. The predicted molar refractivity (Wildman–Crippen MR) is 53.9 cm³/mol. The van der Waals surface area contributed by atoms with E-state index in [9.17, 15) is 5.11 Å². The summed E-state index contributed by atoms with van der Waals surface area (Å²) < 4.78 is 0. The second kappa shape index (κ2) is 4.02. The molecular weight excluding hydrogens is 186 g/mol. The van der Waals surface area contributed by atoms with Gasteiger partial charge in [-0.3, -0.25) is 0 Å². The van der Waals surface area contributed by atoms with E-state index in [1.165, 1.54) is 11.3 Å². The molecule has 0 fully saturated rings. The van der Waals surface area contributed by atoms with E-state index < -0.39 is 5.60 Å². The average Bonchev–Trinajstić information content (AvgIpc) is 2.34. The van der Waals surface area contributed by atoms with Gasteiger partial charge in [0.1, 0.15) is 5.51 Å². The fourth-order valence-corrected chi connectivity index (χ4v) is 1.80. The van der Waals surface area contributed by atoms with Crippen LogP contribution in [0.1, 0.15) is 27.2 Å². The molecule has 0 aromatic carbocycles. The summed E-state index contributed by atoms with van der Waals surface area (Å²) in [7, 11) is 0. The molecule has 0 aliphatic rings. The molecule has 2 N–H and O–H groups in total. The lowest BCUT2D eigenvalue weighted by atomic mass is 10.0. The van der Waals surface area contributed by atoms with Crippen LogP contribution in [0.15, 0.2) is 5.51 Å². The Kier molecular flexibility index (Phi) is 3.22. The number of anilines is 1. The van der Waals surface area contributed by atoms with Crippen molar-refractivity contribution in [2.75, 3.05) is 5.32 Å². The first-order valence-electron chi connectivity index (χ1n) is 4.22. The minimum atomic E-state index is -0.642. The monoisotopic (exact) mass is 201 g/mol. The summed E-state index contributed by atoms with van der Waals surface area (Å²) in [6.45, 7) is 5.61. The second-order valence-electron chi connectivity index (χ2n) is 3.81. The topological polar surface area (TPSA) is 58.0 Å². The minimum absolute atomic E-state index is 0.202. The van der Waals surface area contributed by atoms with Crippen molar-refractivity contribution in [3.05, 3.63) is 5.51 Å². The van der Waals surface area contributed by atoms with Crippen LogP contribution in [-0.4, -0.2) is 26.9 Å². The molecule has 4 nitrogen and oxygen atoms in total. The number of hydrogen-bond donors (Lipinski definition) is 2. The average molecular weight is 201 g/mol. The van der Waals surface area contributed by atoms with Crippen molar-refractivity contribution in [3.8, 4) is 0 Å². The Morgan fingerprint density at radius 2 is 2.38 bits per heavy atom. The maximum atomic E-state index is 9.54. The van der Waals surface area contributed by atoms with Crippen molar-refractivity contribution >= 4 is 16.5 Å². The Morgan fingerprint density at radius 3 is 2.85 bits per heavy atom. The van der Waals surface area contributed by atoms with Gasteiger partial charge >= 0.3 is 0 Å². The lowest BCUT2D eigenvalue weighted by Crippen LogP contribution is -2.29. The highest BCUT2D eigenvalue weighted by molar-refractivity contribution is 7.13. The summed E-state index contributed by atoms with van der Waals surface area (Å²) in [4.78, 5) is 0. The maximum Gasteiger partial charge on any atom is 0.205 e. The van der Waals surface area contributed by atoms with E-state index >= 15 is 0 Å². The predicted octanol–water partition coefficient (Wildman–Crippen LogP) is 1.50. The second-order valence-corrected chi connectivity index (χ2v) is 4.64. The Balaban J connectivity index is 2.38. The van der Waals surface area contributed by atoms with Crippen LogP contribution in [0.5, 0.6) is 0 Å². The number of aromatic nitrogens is 2. The molecule has 1 aromatic heterocycles. The SMILES string of the molecule is CC(CC(C)(C)O)Nc1nncs1. The third kappa shape index (κ3) is 4.19. The fraction of sp³-hybridized carbons (Fsp3) is 0.750. The highest BCUT2D eigenvalue weighted by Crippen LogP contribution is 2.16. The first-order chi connectivity index (χ1) is 5.97. The molecule has 5 heteroatoms. The van der Waals surface area contributed by atoms with Crippen LogP contribution in [0, 0.1) is 0 Å². The summed E-state index contributed by atoms with van der Waals surface area (Å²) in [5.41, 5.74) is 1.04. The standard InChI is InChI=1S/C8H15N3OS/c1-6(4-8(2,3)12)10-7-11-9-5-13-7/h5-6,12H,4H2,1-3H3,(H,10,11). The van der Waals surface area contributed by atoms with Crippen molar-refractivity contribution in [2.45, 2.75) is 38.8 Å². The largest absolute Gasteiger partial charge is 0.390 e. The van der Waals surface area contributed by atoms with Gasteiger partial charge in [-0.05, 0) is 27.2 Å². The van der Waals surface area contributed by atoms with Crippen LogP contribution in [0.4, 0.5) is 5.13 Å². The summed E-state index contributed by atoms with van der Waals surface area (Å²) in [5.74, 6) is 0. The van der Waals surface area contributed by atoms with Crippen LogP contribution < -0.4 is 5.32 Å². The van der Waals surface area contributed by atoms with E-state index in [4.69, 9.17) is 0 Å². The molecule has 0 saturated carbocycles. The minimum Gasteiger partial charge on any atom is -0.390 e. The molecule has 13 heavy (non-hydrogen) atoms. The van der Waals surface area contributed by atoms with Crippen molar-refractivity contribution in [3.63, 3.8) is 0 Å². The van der Waals surface area contributed by atoms with Gasteiger partial charge in [-0.25, -0.2) is 0 Å². The highest BCUT2D eigenvalue weighted by atomic mass is 32.1. The molecule has 0 aliphatic heterocycles. The summed E-state index contributed by atoms with van der Waals surface area (Å²) in [6, 6.07) is 0.202. The normalized spacial score (nSPS) is 14.2. The third-order valence-electron chi connectivity index (χ3n) is 1.54. The molecule has 0 bridgehead atoms. The molecule has 1 atom stereocenters. The first-order valence-corrected chi connectivity index (χ1v) is 5.10. The van der Waals surface area contributed by atoms with Gasteiger partial charge in [0.2, 0.25) is 5.13 Å². The number of nitrogens with zero attached hydrogens (tertiary/aromatic N) is 2. The van der Waals surface area contributed by atoms with Crippen molar-refractivity contribution in [1.82, 2.24) is 10.2 Å². The van der Waals surface area contributed by atoms with E-state index in [1.54, 1.807) is 19.4 Å². The van der Waals surface area contributed by atoms with Gasteiger partial charge in [0.05, 0.1) is 5.60 Å². The summed E-state index contributed by atoms with van der Waals surface area (Å²) in [5, 5.41) is 21.1. The number of rotatable bonds is 4. The maximum absolute atomic E-state index is 9.54. The van der Waals surface area contributed by atoms with E-state index in [0.29, 0.717) is 6.42 Å². The molecule has 0 saturated heterocycles. The quantitative estimate of drug-likeness (QED) is 0.775. The molecule has 0 radical (unpaired) electrons. The summed E-state index contributed by atoms with van der Waals surface area (Å²) in [6.07, 6.45) is 0.687. The zero-order valence-electron chi connectivity index (χ0n) is 8.11. The van der Waals surface area contributed by atoms with E-state index in [2.05, 4.69) is 15.5 Å². The van der Waals surface area contributed by atoms with Crippen LogP contribution >= 0.6 is 11.3 Å². The Bertz CT molecular complexity index is 242. The van der Waals surface area contributed by atoms with Crippen molar-refractivity contribution in [1.29, 1.82) is 0 Å². The van der Waals surface area contributed by atoms with Gasteiger partial charge in [0, 0.05) is 6.04 Å². The smallest absolute Gasteiger partial charge is 0.205 e. The molecule has 1 rings (SSSR count). The highest BCUT2D eigenvalue weighted by Gasteiger charge is 2.17. The summed E-state index contributed by atoms with van der Waals surface area (Å²) >= 11 is 1.46. The van der Waals surface area contributed by atoms with E-state index in [0.717, 1.165) is 5.13 Å². The molecule has 0 spiro atoms. The third-order valence-corrected chi connectivity index (χ3v) is 2.16. The number of aliphatic hydroxyl groups is 1. The van der Waals surface area contributed by atoms with Crippen LogP contribution in [-0.2, 0) is 0 Å². The fourth-order valence-electron chi connectivity index (χ4n) is 1.25. The molecular formula is C8H15N3OS. The molecule has 1 aromatic rings. The van der Waals surface area contributed by atoms with Gasteiger partial charge in [-0.1, -0.05) is 11.3 Å². The molecule has 1 unspecified atom stereocenters. The lowest BCUT2D eigenvalue weighted by Gasteiger charge is -2.22. The zero-order valence-corrected chi connectivity index (χ0v) is 8.93. The van der Waals surface area contributed by atoms with Crippen LogP contribution in [0.2, 0.25) is 0 Å². The molecule has 0 amide bonds.